The zero-order valence-corrected chi connectivity index (χ0v) is 16.6. The number of aromatic nitrogens is 1. The lowest BCUT2D eigenvalue weighted by Gasteiger charge is -2.10. The minimum atomic E-state index is -0.594. The number of methoxy groups -OCH3 is 4. The topological polar surface area (TPSA) is 102 Å². The number of esters is 1. The number of nitrogens with two attached hydrogens (primary N) is 1. The summed E-state index contributed by atoms with van der Waals surface area (Å²) >= 11 is 0. The molecule has 8 heteroatoms. The SMILES string of the molecule is COC(=O)c1c(-c2ccc(OC)cc2)c2cc(OC)c(OC)cc2n1CC(N)=O. The van der Waals surface area contributed by atoms with Gasteiger partial charge < -0.3 is 29.2 Å². The number of hydrogen-bond acceptors (Lipinski definition) is 6. The predicted octanol–water partition coefficient (Wildman–Crippen LogP) is 2.61. The van der Waals surface area contributed by atoms with Crippen LogP contribution in [0.1, 0.15) is 10.5 Å². The smallest absolute Gasteiger partial charge is 0.355 e. The van der Waals surface area contributed by atoms with E-state index in [1.165, 1.54) is 25.9 Å². The summed E-state index contributed by atoms with van der Waals surface area (Å²) in [5.74, 6) is 0.436. The van der Waals surface area contributed by atoms with Crippen LogP contribution in [0, 0.1) is 0 Å². The summed E-state index contributed by atoms with van der Waals surface area (Å²) in [4.78, 5) is 24.5. The Balaban J connectivity index is 2.44. The molecule has 29 heavy (non-hydrogen) atoms. The number of ether oxygens (including phenoxy) is 4. The van der Waals surface area contributed by atoms with E-state index in [1.807, 2.05) is 12.1 Å². The van der Waals surface area contributed by atoms with E-state index in [1.54, 1.807) is 31.4 Å². The molecule has 2 aromatic carbocycles. The zero-order chi connectivity index (χ0) is 21.1. The van der Waals surface area contributed by atoms with Crippen molar-refractivity contribution in [3.8, 4) is 28.4 Å². The van der Waals surface area contributed by atoms with Gasteiger partial charge in [0.25, 0.3) is 0 Å². The Bertz CT molecular complexity index is 1070. The van der Waals surface area contributed by atoms with Gasteiger partial charge in [0.05, 0.1) is 34.0 Å². The third-order valence-corrected chi connectivity index (χ3v) is 4.64. The van der Waals surface area contributed by atoms with Gasteiger partial charge in [0, 0.05) is 17.0 Å². The zero-order valence-electron chi connectivity index (χ0n) is 16.6. The fourth-order valence-corrected chi connectivity index (χ4v) is 3.35. The number of primary amides is 1. The first kappa shape index (κ1) is 20.1. The molecule has 0 aliphatic carbocycles. The van der Waals surface area contributed by atoms with Crippen LogP contribution in [-0.4, -0.2) is 44.9 Å². The molecule has 1 aromatic heterocycles. The molecule has 8 nitrogen and oxygen atoms in total. The first-order chi connectivity index (χ1) is 13.9. The summed E-state index contributed by atoms with van der Waals surface area (Å²) in [7, 11) is 5.90. The highest BCUT2D eigenvalue weighted by atomic mass is 16.5. The van der Waals surface area contributed by atoms with Crippen molar-refractivity contribution in [3.63, 3.8) is 0 Å². The summed E-state index contributed by atoms with van der Waals surface area (Å²) < 4.78 is 22.6. The number of nitrogens with zero attached hydrogens (tertiary/aromatic N) is 1. The van der Waals surface area contributed by atoms with Gasteiger partial charge in [0.1, 0.15) is 18.0 Å². The maximum Gasteiger partial charge on any atom is 0.355 e. The molecule has 0 saturated heterocycles. The van der Waals surface area contributed by atoms with Gasteiger partial charge in [-0.3, -0.25) is 4.79 Å². The van der Waals surface area contributed by atoms with Crippen molar-refractivity contribution < 1.29 is 28.5 Å². The maximum atomic E-state index is 12.7. The fourth-order valence-electron chi connectivity index (χ4n) is 3.35. The molecule has 0 fully saturated rings. The van der Waals surface area contributed by atoms with Crippen LogP contribution in [0.3, 0.4) is 0 Å². The molecule has 0 aliphatic rings. The van der Waals surface area contributed by atoms with E-state index in [2.05, 4.69) is 0 Å². The first-order valence-electron chi connectivity index (χ1n) is 8.74. The van der Waals surface area contributed by atoms with Crippen LogP contribution in [-0.2, 0) is 16.1 Å². The first-order valence-corrected chi connectivity index (χ1v) is 8.74. The summed E-state index contributed by atoms with van der Waals surface area (Å²) in [5, 5.41) is 0.689. The Labute approximate surface area is 167 Å². The van der Waals surface area contributed by atoms with Crippen molar-refractivity contribution in [1.82, 2.24) is 4.57 Å². The molecular weight excluding hydrogens is 376 g/mol. The van der Waals surface area contributed by atoms with E-state index in [4.69, 9.17) is 24.7 Å². The molecule has 1 amide bonds. The fraction of sp³-hybridized carbons (Fsp3) is 0.238. The molecule has 0 atom stereocenters. The Hall–Kier alpha value is -3.68. The summed E-state index contributed by atoms with van der Waals surface area (Å²) in [6.07, 6.45) is 0. The average Bonchev–Trinajstić information content (AvgIpc) is 3.04. The molecule has 0 aliphatic heterocycles. The molecule has 3 aromatic rings. The molecular formula is C21H22N2O6. The van der Waals surface area contributed by atoms with E-state index in [0.29, 0.717) is 33.7 Å². The number of benzene rings is 2. The second-order valence-corrected chi connectivity index (χ2v) is 6.22. The van der Waals surface area contributed by atoms with Gasteiger partial charge in [0.2, 0.25) is 5.91 Å². The van der Waals surface area contributed by atoms with Crippen molar-refractivity contribution >= 4 is 22.8 Å². The summed E-state index contributed by atoms with van der Waals surface area (Å²) in [5.41, 5.74) is 7.59. The molecule has 0 radical (unpaired) electrons. The number of rotatable bonds is 7. The van der Waals surface area contributed by atoms with Gasteiger partial charge in [-0.25, -0.2) is 4.79 Å². The van der Waals surface area contributed by atoms with Crippen molar-refractivity contribution in [1.29, 1.82) is 0 Å². The van der Waals surface area contributed by atoms with E-state index in [-0.39, 0.29) is 12.2 Å². The van der Waals surface area contributed by atoms with Crippen molar-refractivity contribution in [2.24, 2.45) is 5.73 Å². The second-order valence-electron chi connectivity index (χ2n) is 6.22. The van der Waals surface area contributed by atoms with E-state index in [9.17, 15) is 9.59 Å². The normalized spacial score (nSPS) is 10.6. The van der Waals surface area contributed by atoms with Gasteiger partial charge in [0.15, 0.2) is 11.5 Å². The van der Waals surface area contributed by atoms with Crippen molar-refractivity contribution in [3.05, 3.63) is 42.1 Å². The Kier molecular flexibility index (Phi) is 5.63. The van der Waals surface area contributed by atoms with Crippen LogP contribution in [0.25, 0.3) is 22.0 Å². The second kappa shape index (κ2) is 8.14. The largest absolute Gasteiger partial charge is 0.497 e. The van der Waals surface area contributed by atoms with Crippen molar-refractivity contribution in [2.75, 3.05) is 28.4 Å². The Morgan fingerprint density at radius 1 is 0.931 bits per heavy atom. The third kappa shape index (κ3) is 3.56. The van der Waals surface area contributed by atoms with Gasteiger partial charge >= 0.3 is 5.97 Å². The molecule has 0 saturated carbocycles. The van der Waals surface area contributed by atoms with Crippen LogP contribution in [0.2, 0.25) is 0 Å². The lowest BCUT2D eigenvalue weighted by molar-refractivity contribution is -0.118. The number of fused-ring (bicyclic) bond motifs is 1. The Morgan fingerprint density at radius 2 is 1.55 bits per heavy atom. The predicted molar refractivity (Wildman–Crippen MR) is 108 cm³/mol. The number of carbonyl (C=O) groups excluding carboxylic acids is 2. The van der Waals surface area contributed by atoms with E-state index < -0.39 is 11.9 Å². The van der Waals surface area contributed by atoms with Gasteiger partial charge in [-0.05, 0) is 23.8 Å². The highest BCUT2D eigenvalue weighted by Gasteiger charge is 2.27. The number of hydrogen-bond donors (Lipinski definition) is 1. The summed E-state index contributed by atoms with van der Waals surface area (Å²) in [6.45, 7) is -0.202. The molecule has 1 heterocycles. The molecule has 0 bridgehead atoms. The van der Waals surface area contributed by atoms with Crippen LogP contribution in [0.15, 0.2) is 36.4 Å². The highest BCUT2D eigenvalue weighted by Crippen LogP contribution is 2.41. The monoisotopic (exact) mass is 398 g/mol. The molecule has 0 spiro atoms. The van der Waals surface area contributed by atoms with E-state index in [0.717, 1.165) is 5.56 Å². The molecule has 152 valence electrons. The summed E-state index contributed by atoms with van der Waals surface area (Å²) in [6, 6.07) is 10.7. The lowest BCUT2D eigenvalue weighted by Crippen LogP contribution is -2.22. The van der Waals surface area contributed by atoms with Crippen LogP contribution >= 0.6 is 0 Å². The van der Waals surface area contributed by atoms with Gasteiger partial charge in [-0.1, -0.05) is 12.1 Å². The van der Waals surface area contributed by atoms with Crippen LogP contribution in [0.4, 0.5) is 0 Å². The standard InChI is InChI=1S/C21H22N2O6/c1-26-13-7-5-12(6-8-13)19-14-9-16(27-2)17(28-3)10-15(14)23(11-18(22)24)20(19)21(25)29-4/h5-10H,11H2,1-4H3,(H2,22,24). The van der Waals surface area contributed by atoms with Gasteiger partial charge in [-0.15, -0.1) is 0 Å². The highest BCUT2D eigenvalue weighted by molar-refractivity contribution is 6.10. The molecule has 2 N–H and O–H groups in total. The Morgan fingerprint density at radius 3 is 2.07 bits per heavy atom. The van der Waals surface area contributed by atoms with Crippen LogP contribution < -0.4 is 19.9 Å². The molecule has 3 rings (SSSR count). The average molecular weight is 398 g/mol. The quantitative estimate of drug-likeness (QED) is 0.614. The number of carbonyl (C=O) groups is 2. The lowest BCUT2D eigenvalue weighted by atomic mass is 10.0. The minimum absolute atomic E-state index is 0.202. The van der Waals surface area contributed by atoms with Crippen LogP contribution in [0.5, 0.6) is 17.2 Å². The van der Waals surface area contributed by atoms with E-state index >= 15 is 0 Å². The molecule has 0 unspecified atom stereocenters. The minimum Gasteiger partial charge on any atom is -0.497 e. The van der Waals surface area contributed by atoms with Crippen molar-refractivity contribution in [2.45, 2.75) is 6.54 Å². The van der Waals surface area contributed by atoms with Gasteiger partial charge in [-0.2, -0.15) is 0 Å². The number of amides is 1. The maximum absolute atomic E-state index is 12.7. The third-order valence-electron chi connectivity index (χ3n) is 4.64.